The maximum Gasteiger partial charge on any atom is 0.278 e. The molecule has 0 aromatic heterocycles. The van der Waals surface area contributed by atoms with Crippen molar-refractivity contribution < 1.29 is 9.18 Å². The normalized spacial score (nSPS) is 10.1. The first kappa shape index (κ1) is 12.5. The van der Waals surface area contributed by atoms with Gasteiger partial charge in [-0.3, -0.25) is 4.79 Å². The molecule has 0 saturated heterocycles. The zero-order chi connectivity index (χ0) is 11.4. The van der Waals surface area contributed by atoms with E-state index in [0.29, 0.717) is 18.5 Å². The molecule has 0 unspecified atom stereocenters. The Morgan fingerprint density at radius 1 is 1.60 bits per heavy atom. The smallest absolute Gasteiger partial charge is 0.278 e. The second-order valence-electron chi connectivity index (χ2n) is 3.19. The molecule has 82 valence electrons. The van der Waals surface area contributed by atoms with Crippen LogP contribution >= 0.6 is 28.6 Å². The number of nitrogens with zero attached hydrogens (tertiary/aromatic N) is 1. The van der Waals surface area contributed by atoms with Gasteiger partial charge in [0.2, 0.25) is 0 Å². The molecule has 1 amide bonds. The van der Waals surface area contributed by atoms with Crippen molar-refractivity contribution in [1.82, 2.24) is 4.90 Å². The molecule has 0 aliphatic rings. The average molecular weight is 292 g/mol. The summed E-state index contributed by atoms with van der Waals surface area (Å²) in [5.74, 6) is -0.252. The van der Waals surface area contributed by atoms with Crippen LogP contribution in [-0.4, -0.2) is 23.7 Å². The van der Waals surface area contributed by atoms with Gasteiger partial charge in [0.1, 0.15) is 5.82 Å². The summed E-state index contributed by atoms with van der Waals surface area (Å²) in [5.41, 5.74) is 0.589. The fraction of sp³-hybridized carbons (Fsp3) is 0.300. The highest BCUT2D eigenvalue weighted by Crippen LogP contribution is 2.16. The van der Waals surface area contributed by atoms with Crippen LogP contribution in [0.2, 0.25) is 0 Å². The van der Waals surface area contributed by atoms with Crippen LogP contribution in [0.4, 0.5) is 9.18 Å². The summed E-state index contributed by atoms with van der Waals surface area (Å²) in [7, 11) is 1.63. The van der Waals surface area contributed by atoms with E-state index in [2.05, 4.69) is 28.6 Å². The lowest BCUT2D eigenvalue weighted by Crippen LogP contribution is -2.23. The van der Waals surface area contributed by atoms with E-state index < -0.39 is 0 Å². The first-order valence-corrected chi connectivity index (χ1v) is 5.62. The monoisotopic (exact) mass is 291 g/mol. The second kappa shape index (κ2) is 5.51. The van der Waals surface area contributed by atoms with E-state index in [9.17, 15) is 9.18 Å². The lowest BCUT2D eigenvalue weighted by Gasteiger charge is -2.13. The molecule has 0 radical (unpaired) electrons. The van der Waals surface area contributed by atoms with Gasteiger partial charge in [-0.1, -0.05) is 28.6 Å². The lowest BCUT2D eigenvalue weighted by molar-refractivity contribution is 0.234. The minimum atomic E-state index is -0.314. The highest BCUT2D eigenvalue weighted by atomic mass is 79.9. The highest BCUT2D eigenvalue weighted by molar-refractivity contribution is 9.10. The van der Waals surface area contributed by atoms with Gasteiger partial charge >= 0.3 is 0 Å². The van der Waals surface area contributed by atoms with Gasteiger partial charge in [0, 0.05) is 18.1 Å². The number of hydrogen-bond donors (Lipinski definition) is 1. The van der Waals surface area contributed by atoms with Crippen LogP contribution in [-0.2, 0) is 6.42 Å². The third kappa shape index (κ3) is 3.83. The molecule has 1 aromatic rings. The minimum absolute atomic E-state index is 0.252. The van der Waals surface area contributed by atoms with E-state index in [-0.39, 0.29) is 11.1 Å². The van der Waals surface area contributed by atoms with Gasteiger partial charge in [0.15, 0.2) is 0 Å². The molecule has 0 N–H and O–H groups in total. The zero-order valence-electron chi connectivity index (χ0n) is 8.20. The molecule has 0 spiro atoms. The Kier molecular flexibility index (Phi) is 4.60. The summed E-state index contributed by atoms with van der Waals surface area (Å²) in [5, 5.41) is -0.314. The molecule has 1 aromatic carbocycles. The van der Waals surface area contributed by atoms with Crippen molar-refractivity contribution in [2.24, 2.45) is 0 Å². The van der Waals surface area contributed by atoms with Gasteiger partial charge in [0.05, 0.1) is 0 Å². The summed E-state index contributed by atoms with van der Waals surface area (Å²) >= 11 is 6.94. The van der Waals surface area contributed by atoms with E-state index in [0.717, 1.165) is 4.47 Å². The van der Waals surface area contributed by atoms with Crippen molar-refractivity contribution >= 4 is 33.8 Å². The van der Waals surface area contributed by atoms with Gasteiger partial charge in [-0.15, -0.1) is 0 Å². The number of benzene rings is 1. The Balaban J connectivity index is 2.65. The third-order valence-electron chi connectivity index (χ3n) is 2.05. The van der Waals surface area contributed by atoms with E-state index in [4.69, 9.17) is 0 Å². The van der Waals surface area contributed by atoms with Crippen LogP contribution in [0.1, 0.15) is 5.56 Å². The topological polar surface area (TPSA) is 20.3 Å². The predicted molar refractivity (Wildman–Crippen MR) is 64.8 cm³/mol. The lowest BCUT2D eigenvalue weighted by atomic mass is 10.1. The van der Waals surface area contributed by atoms with Gasteiger partial charge in [0.25, 0.3) is 5.24 Å². The molecular formula is C10H11BrFNOS. The van der Waals surface area contributed by atoms with Gasteiger partial charge in [-0.05, 0) is 30.2 Å². The van der Waals surface area contributed by atoms with E-state index in [1.807, 2.05) is 0 Å². The summed E-state index contributed by atoms with van der Waals surface area (Å²) in [6.45, 7) is 0.454. The molecule has 15 heavy (non-hydrogen) atoms. The molecule has 5 heteroatoms. The van der Waals surface area contributed by atoms with Crippen molar-refractivity contribution in [3.63, 3.8) is 0 Å². The van der Waals surface area contributed by atoms with Crippen molar-refractivity contribution in [2.45, 2.75) is 6.42 Å². The quantitative estimate of drug-likeness (QED) is 0.849. The largest absolute Gasteiger partial charge is 0.337 e. The summed E-state index contributed by atoms with van der Waals surface area (Å²) < 4.78 is 14.1. The number of thiol groups is 1. The van der Waals surface area contributed by atoms with Crippen molar-refractivity contribution in [3.8, 4) is 0 Å². The Hall–Kier alpha value is -0.550. The van der Waals surface area contributed by atoms with Crippen molar-refractivity contribution in [2.75, 3.05) is 13.6 Å². The van der Waals surface area contributed by atoms with Gasteiger partial charge in [-0.2, -0.15) is 0 Å². The van der Waals surface area contributed by atoms with Crippen LogP contribution in [0.25, 0.3) is 0 Å². The van der Waals surface area contributed by atoms with Gasteiger partial charge in [-0.25, -0.2) is 4.39 Å². The van der Waals surface area contributed by atoms with Crippen LogP contribution in [0.15, 0.2) is 22.7 Å². The van der Waals surface area contributed by atoms with Gasteiger partial charge < -0.3 is 4.90 Å². The second-order valence-corrected chi connectivity index (χ2v) is 4.49. The highest BCUT2D eigenvalue weighted by Gasteiger charge is 2.06. The number of carbonyl (C=O) groups is 1. The molecule has 0 heterocycles. The number of likely N-dealkylation sites (N-methyl/N-ethyl adjacent to an activating group) is 1. The van der Waals surface area contributed by atoms with Crippen LogP contribution in [0, 0.1) is 5.82 Å². The predicted octanol–water partition coefficient (Wildman–Crippen LogP) is 3.11. The van der Waals surface area contributed by atoms with E-state index in [1.165, 1.54) is 11.0 Å². The maximum atomic E-state index is 13.3. The number of carbonyl (C=O) groups excluding carboxylic acids is 1. The minimum Gasteiger partial charge on any atom is -0.337 e. The Morgan fingerprint density at radius 3 is 2.87 bits per heavy atom. The molecular weight excluding hydrogens is 281 g/mol. The number of amides is 1. The zero-order valence-corrected chi connectivity index (χ0v) is 10.7. The van der Waals surface area contributed by atoms with Crippen LogP contribution < -0.4 is 0 Å². The fourth-order valence-electron chi connectivity index (χ4n) is 1.12. The molecule has 0 bridgehead atoms. The average Bonchev–Trinajstić information content (AvgIpc) is 2.18. The van der Waals surface area contributed by atoms with Crippen molar-refractivity contribution in [3.05, 3.63) is 34.1 Å². The fourth-order valence-corrected chi connectivity index (χ4v) is 1.63. The molecule has 2 nitrogen and oxygen atoms in total. The van der Waals surface area contributed by atoms with Crippen LogP contribution in [0.3, 0.4) is 0 Å². The first-order valence-electron chi connectivity index (χ1n) is 4.38. The number of hydrogen-bond acceptors (Lipinski definition) is 1. The third-order valence-corrected chi connectivity index (χ3v) is 2.89. The van der Waals surface area contributed by atoms with Crippen molar-refractivity contribution in [1.29, 1.82) is 0 Å². The number of halogens is 2. The van der Waals surface area contributed by atoms with E-state index in [1.54, 1.807) is 19.2 Å². The SMILES string of the molecule is CN(CCc1cc(Br)ccc1F)C(=O)S. The molecule has 0 aliphatic heterocycles. The van der Waals surface area contributed by atoms with Crippen LogP contribution in [0.5, 0.6) is 0 Å². The summed E-state index contributed by atoms with van der Waals surface area (Å²) in [6.07, 6.45) is 0.480. The molecule has 0 atom stereocenters. The molecule has 0 fully saturated rings. The molecule has 0 saturated carbocycles. The summed E-state index contributed by atoms with van der Waals surface area (Å²) in [4.78, 5) is 12.2. The molecule has 0 aliphatic carbocycles. The Bertz CT molecular complexity index is 372. The Morgan fingerprint density at radius 2 is 2.27 bits per heavy atom. The summed E-state index contributed by atoms with van der Waals surface area (Å²) in [6, 6.07) is 4.76. The Labute approximate surface area is 102 Å². The standard InChI is InChI=1S/C10H11BrFNOS/c1-13(10(14)15)5-4-7-6-8(11)2-3-9(7)12/h2-3,6H,4-5H2,1H3,(H,14,15). The number of rotatable bonds is 3. The van der Waals surface area contributed by atoms with E-state index >= 15 is 0 Å². The first-order chi connectivity index (χ1) is 7.00. The maximum absolute atomic E-state index is 13.3. The molecule has 1 rings (SSSR count).